The van der Waals surface area contributed by atoms with Crippen molar-refractivity contribution in [3.8, 4) is 0 Å². The van der Waals surface area contributed by atoms with E-state index in [2.05, 4.69) is 10.3 Å². The van der Waals surface area contributed by atoms with Gasteiger partial charge in [0.25, 0.3) is 0 Å². The van der Waals surface area contributed by atoms with Gasteiger partial charge in [0.15, 0.2) is 0 Å². The summed E-state index contributed by atoms with van der Waals surface area (Å²) in [7, 11) is -3.33. The van der Waals surface area contributed by atoms with Crippen molar-refractivity contribution in [1.82, 2.24) is 14.9 Å². The third-order valence-electron chi connectivity index (χ3n) is 2.25. The molecule has 0 atom stereocenters. The van der Waals surface area contributed by atoms with Crippen LogP contribution in [-0.2, 0) is 21.1 Å². The molecule has 7 nitrogen and oxygen atoms in total. The SMILES string of the molecule is CC(C)(C)OC(=O)NCCCn1ccnc1S(C)(=O)=O. The third kappa shape index (κ3) is 5.60. The number of hydrogen-bond acceptors (Lipinski definition) is 5. The fourth-order valence-electron chi connectivity index (χ4n) is 1.55. The van der Waals surface area contributed by atoms with Gasteiger partial charge in [0.05, 0.1) is 0 Å². The van der Waals surface area contributed by atoms with E-state index in [1.165, 1.54) is 6.20 Å². The number of nitrogens with zero attached hydrogens (tertiary/aromatic N) is 2. The average molecular weight is 303 g/mol. The van der Waals surface area contributed by atoms with Crippen LogP contribution in [0.3, 0.4) is 0 Å². The van der Waals surface area contributed by atoms with Crippen LogP contribution in [0.15, 0.2) is 17.6 Å². The molecule has 8 heteroatoms. The van der Waals surface area contributed by atoms with Crippen molar-refractivity contribution in [3.05, 3.63) is 12.4 Å². The zero-order valence-electron chi connectivity index (χ0n) is 12.2. The van der Waals surface area contributed by atoms with E-state index in [9.17, 15) is 13.2 Å². The van der Waals surface area contributed by atoms with Crippen LogP contribution in [0.4, 0.5) is 4.79 Å². The van der Waals surface area contributed by atoms with Crippen LogP contribution in [0.2, 0.25) is 0 Å². The number of aryl methyl sites for hydroxylation is 1. The lowest BCUT2D eigenvalue weighted by Crippen LogP contribution is -2.33. The molecule has 1 aromatic rings. The maximum atomic E-state index is 11.4. The largest absolute Gasteiger partial charge is 0.444 e. The molecule has 20 heavy (non-hydrogen) atoms. The van der Waals surface area contributed by atoms with Crippen LogP contribution < -0.4 is 5.32 Å². The van der Waals surface area contributed by atoms with Gasteiger partial charge < -0.3 is 14.6 Å². The zero-order valence-corrected chi connectivity index (χ0v) is 13.0. The molecule has 0 saturated heterocycles. The maximum Gasteiger partial charge on any atom is 0.407 e. The van der Waals surface area contributed by atoms with Crippen LogP contribution >= 0.6 is 0 Å². The topological polar surface area (TPSA) is 90.3 Å². The Bertz CT molecular complexity index is 558. The van der Waals surface area contributed by atoms with E-state index in [-0.39, 0.29) is 5.16 Å². The molecule has 114 valence electrons. The molecule has 0 fully saturated rings. The second kappa shape index (κ2) is 6.25. The highest BCUT2D eigenvalue weighted by Crippen LogP contribution is 2.07. The van der Waals surface area contributed by atoms with E-state index in [1.807, 2.05) is 0 Å². The number of sulfone groups is 1. The molecule has 1 aromatic heterocycles. The number of alkyl carbamates (subject to hydrolysis) is 1. The predicted molar refractivity (Wildman–Crippen MR) is 74.2 cm³/mol. The highest BCUT2D eigenvalue weighted by Gasteiger charge is 2.16. The molecule has 1 rings (SSSR count). The summed E-state index contributed by atoms with van der Waals surface area (Å²) in [6, 6.07) is 0. The van der Waals surface area contributed by atoms with Gasteiger partial charge in [-0.25, -0.2) is 18.2 Å². The van der Waals surface area contributed by atoms with Crippen LogP contribution in [0.1, 0.15) is 27.2 Å². The van der Waals surface area contributed by atoms with Gasteiger partial charge in [-0.3, -0.25) is 0 Å². The number of carbonyl (C=O) groups is 1. The normalized spacial score (nSPS) is 12.2. The number of hydrogen-bond donors (Lipinski definition) is 1. The summed E-state index contributed by atoms with van der Waals surface area (Å²) < 4.78 is 29.5. The monoisotopic (exact) mass is 303 g/mol. The van der Waals surface area contributed by atoms with Gasteiger partial charge in [-0.05, 0) is 27.2 Å². The Morgan fingerprint density at radius 3 is 2.65 bits per heavy atom. The fourth-order valence-corrected chi connectivity index (χ4v) is 2.38. The van der Waals surface area contributed by atoms with Gasteiger partial charge in [0.1, 0.15) is 5.60 Å². The van der Waals surface area contributed by atoms with Crippen molar-refractivity contribution in [3.63, 3.8) is 0 Å². The molecular formula is C12H21N3O4S. The Labute approximate surface area is 119 Å². The summed E-state index contributed by atoms with van der Waals surface area (Å²) >= 11 is 0. The first kappa shape index (κ1) is 16.5. The van der Waals surface area contributed by atoms with Gasteiger partial charge in [0, 0.05) is 31.7 Å². The minimum Gasteiger partial charge on any atom is -0.444 e. The van der Waals surface area contributed by atoms with Gasteiger partial charge in [-0.1, -0.05) is 0 Å². The summed E-state index contributed by atoms with van der Waals surface area (Å²) in [6.45, 7) is 6.22. The first-order valence-corrected chi connectivity index (χ1v) is 8.17. The Morgan fingerprint density at radius 1 is 1.45 bits per heavy atom. The summed E-state index contributed by atoms with van der Waals surface area (Å²) in [5.74, 6) is 0. The molecule has 1 heterocycles. The molecular weight excluding hydrogens is 282 g/mol. The van der Waals surface area contributed by atoms with E-state index < -0.39 is 21.5 Å². The minimum atomic E-state index is -3.33. The molecule has 0 bridgehead atoms. The van der Waals surface area contributed by atoms with Crippen LogP contribution in [0, 0.1) is 0 Å². The lowest BCUT2D eigenvalue weighted by atomic mass is 10.2. The molecule has 0 saturated carbocycles. The van der Waals surface area contributed by atoms with E-state index in [0.717, 1.165) is 6.26 Å². The van der Waals surface area contributed by atoms with Crippen molar-refractivity contribution >= 4 is 15.9 Å². The second-order valence-electron chi connectivity index (χ2n) is 5.46. The first-order chi connectivity index (χ1) is 9.09. The number of aromatic nitrogens is 2. The lowest BCUT2D eigenvalue weighted by Gasteiger charge is -2.19. The van der Waals surface area contributed by atoms with Gasteiger partial charge in [-0.15, -0.1) is 0 Å². The fraction of sp³-hybridized carbons (Fsp3) is 0.667. The Balaban J connectivity index is 2.40. The Morgan fingerprint density at radius 2 is 2.10 bits per heavy atom. The van der Waals surface area contributed by atoms with E-state index >= 15 is 0 Å². The van der Waals surface area contributed by atoms with Crippen molar-refractivity contribution in [2.24, 2.45) is 0 Å². The van der Waals surface area contributed by atoms with Crippen LogP contribution in [0.5, 0.6) is 0 Å². The summed E-state index contributed by atoms with van der Waals surface area (Å²) in [5.41, 5.74) is -0.530. The lowest BCUT2D eigenvalue weighted by molar-refractivity contribution is 0.0526. The molecule has 1 amide bonds. The number of rotatable bonds is 5. The molecule has 0 spiro atoms. The third-order valence-corrected chi connectivity index (χ3v) is 3.26. The maximum absolute atomic E-state index is 11.4. The summed E-state index contributed by atoms with van der Waals surface area (Å²) in [6.07, 6.45) is 4.26. The summed E-state index contributed by atoms with van der Waals surface area (Å²) in [5, 5.41) is 2.65. The quantitative estimate of drug-likeness (QED) is 0.825. The highest BCUT2D eigenvalue weighted by molar-refractivity contribution is 7.90. The molecule has 0 aliphatic rings. The molecule has 0 aliphatic heterocycles. The minimum absolute atomic E-state index is 0.0368. The molecule has 0 unspecified atom stereocenters. The van der Waals surface area contributed by atoms with Crippen molar-refractivity contribution in [1.29, 1.82) is 0 Å². The Hall–Kier alpha value is -1.57. The zero-order chi connectivity index (χ0) is 15.4. The number of carbonyl (C=O) groups excluding carboxylic acids is 1. The predicted octanol–water partition coefficient (Wildman–Crippen LogP) is 1.20. The standard InChI is InChI=1S/C12H21N3O4S/c1-12(2,3)19-11(16)14-6-5-8-15-9-7-13-10(15)20(4,17)18/h7,9H,5-6,8H2,1-4H3,(H,14,16). The van der Waals surface area contributed by atoms with Gasteiger partial charge >= 0.3 is 6.09 Å². The molecule has 0 aromatic carbocycles. The van der Waals surface area contributed by atoms with E-state index in [0.29, 0.717) is 19.5 Å². The van der Waals surface area contributed by atoms with Crippen molar-refractivity contribution < 1.29 is 17.9 Å². The highest BCUT2D eigenvalue weighted by atomic mass is 32.2. The number of amides is 1. The molecule has 1 N–H and O–H groups in total. The molecule has 0 aliphatic carbocycles. The van der Waals surface area contributed by atoms with Crippen LogP contribution in [-0.4, -0.2) is 42.5 Å². The van der Waals surface area contributed by atoms with Crippen LogP contribution in [0.25, 0.3) is 0 Å². The summed E-state index contributed by atoms with van der Waals surface area (Å²) in [4.78, 5) is 15.2. The van der Waals surface area contributed by atoms with Crippen molar-refractivity contribution in [2.75, 3.05) is 12.8 Å². The van der Waals surface area contributed by atoms with Gasteiger partial charge in [-0.2, -0.15) is 0 Å². The second-order valence-corrected chi connectivity index (χ2v) is 7.37. The average Bonchev–Trinajstić information content (AvgIpc) is 2.69. The van der Waals surface area contributed by atoms with Crippen molar-refractivity contribution in [2.45, 2.75) is 44.5 Å². The van der Waals surface area contributed by atoms with E-state index in [4.69, 9.17) is 4.74 Å². The number of imidazole rings is 1. The first-order valence-electron chi connectivity index (χ1n) is 6.27. The smallest absolute Gasteiger partial charge is 0.407 e. The Kier molecular flexibility index (Phi) is 5.15. The number of ether oxygens (including phenoxy) is 1. The van der Waals surface area contributed by atoms with E-state index in [1.54, 1.807) is 31.5 Å². The van der Waals surface area contributed by atoms with Gasteiger partial charge in [0.2, 0.25) is 15.0 Å². The molecule has 0 radical (unpaired) electrons. The number of nitrogens with one attached hydrogen (secondary N) is 1.